The lowest BCUT2D eigenvalue weighted by atomic mass is 9.89. The summed E-state index contributed by atoms with van der Waals surface area (Å²) in [6.45, 7) is 1.27. The Balaban J connectivity index is 1.91. The Morgan fingerprint density at radius 2 is 1.73 bits per heavy atom. The largest absolute Gasteiger partial charge is 0.493 e. The third kappa shape index (κ3) is 3.42. The van der Waals surface area contributed by atoms with E-state index in [0.29, 0.717) is 31.1 Å². The van der Waals surface area contributed by atoms with E-state index in [4.69, 9.17) is 15.2 Å². The Bertz CT molecular complexity index is 855. The zero-order valence-corrected chi connectivity index (χ0v) is 15.8. The molecule has 2 atom stereocenters. The van der Waals surface area contributed by atoms with Gasteiger partial charge in [-0.25, -0.2) is 8.42 Å². The van der Waals surface area contributed by atoms with Gasteiger partial charge in [-0.15, -0.1) is 0 Å². The van der Waals surface area contributed by atoms with Crippen LogP contribution >= 0.6 is 0 Å². The van der Waals surface area contributed by atoms with Gasteiger partial charge in [0.2, 0.25) is 10.0 Å². The Labute approximate surface area is 154 Å². The number of benzene rings is 2. The van der Waals surface area contributed by atoms with E-state index in [1.807, 2.05) is 30.3 Å². The molecular formula is C19H24N2O4S. The highest BCUT2D eigenvalue weighted by Crippen LogP contribution is 2.37. The van der Waals surface area contributed by atoms with Crippen molar-refractivity contribution in [2.45, 2.75) is 10.8 Å². The number of hydrogen-bond donors (Lipinski definition) is 1. The van der Waals surface area contributed by atoms with Crippen LogP contribution in [0, 0.1) is 5.92 Å². The zero-order chi connectivity index (χ0) is 18.7. The van der Waals surface area contributed by atoms with Crippen LogP contribution in [-0.4, -0.2) is 46.6 Å². The third-order valence-electron chi connectivity index (χ3n) is 4.93. The van der Waals surface area contributed by atoms with Crippen molar-refractivity contribution < 1.29 is 17.9 Å². The first kappa shape index (κ1) is 18.7. The molecule has 6 nitrogen and oxygen atoms in total. The molecule has 2 aromatic rings. The van der Waals surface area contributed by atoms with E-state index in [1.54, 1.807) is 12.1 Å². The number of sulfonamides is 1. The fourth-order valence-electron chi connectivity index (χ4n) is 3.47. The lowest BCUT2D eigenvalue weighted by Crippen LogP contribution is -2.30. The standard InChI is InChI=1S/C19H24N2O4S/c1-24-18-9-8-16(10-19(18)25-2)26(22,23)21-12-15(11-20)17(13-21)14-6-4-3-5-7-14/h3-10,15,17H,11-13,20H2,1-2H3/t15-,17+/m1/s1. The van der Waals surface area contributed by atoms with Crippen molar-refractivity contribution in [2.75, 3.05) is 33.9 Å². The first-order chi connectivity index (χ1) is 12.5. The molecule has 0 amide bonds. The molecule has 0 radical (unpaired) electrons. The number of nitrogens with two attached hydrogens (primary N) is 1. The number of rotatable bonds is 6. The minimum atomic E-state index is -3.64. The van der Waals surface area contributed by atoms with Crippen LogP contribution in [0.4, 0.5) is 0 Å². The number of nitrogens with zero attached hydrogens (tertiary/aromatic N) is 1. The average molecular weight is 376 g/mol. The van der Waals surface area contributed by atoms with Crippen LogP contribution in [0.25, 0.3) is 0 Å². The third-order valence-corrected chi connectivity index (χ3v) is 6.76. The molecule has 1 heterocycles. The van der Waals surface area contributed by atoms with Gasteiger partial charge in [-0.2, -0.15) is 4.31 Å². The topological polar surface area (TPSA) is 81.9 Å². The highest BCUT2D eigenvalue weighted by Gasteiger charge is 2.39. The molecule has 1 saturated heterocycles. The highest BCUT2D eigenvalue weighted by atomic mass is 32.2. The first-order valence-corrected chi connectivity index (χ1v) is 9.92. The predicted octanol–water partition coefficient (Wildman–Crippen LogP) is 2.07. The van der Waals surface area contributed by atoms with Crippen LogP contribution in [0.2, 0.25) is 0 Å². The second-order valence-electron chi connectivity index (χ2n) is 6.35. The first-order valence-electron chi connectivity index (χ1n) is 8.48. The van der Waals surface area contributed by atoms with Crippen LogP contribution in [0.5, 0.6) is 11.5 Å². The predicted molar refractivity (Wildman–Crippen MR) is 100 cm³/mol. The summed E-state index contributed by atoms with van der Waals surface area (Å²) in [6, 6.07) is 14.6. The number of hydrogen-bond acceptors (Lipinski definition) is 5. The van der Waals surface area contributed by atoms with Crippen LogP contribution in [0.3, 0.4) is 0 Å². The van der Waals surface area contributed by atoms with Gasteiger partial charge in [0.1, 0.15) is 0 Å². The normalized spacial score (nSPS) is 20.9. The van der Waals surface area contributed by atoms with Crippen molar-refractivity contribution >= 4 is 10.0 Å². The van der Waals surface area contributed by atoms with Gasteiger partial charge in [-0.1, -0.05) is 30.3 Å². The summed E-state index contributed by atoms with van der Waals surface area (Å²) in [5.74, 6) is 1.07. The van der Waals surface area contributed by atoms with Crippen LogP contribution in [0.15, 0.2) is 53.4 Å². The SMILES string of the molecule is COc1ccc(S(=O)(=O)N2C[C@@H](CN)[C@H](c3ccccc3)C2)cc1OC. The Hall–Kier alpha value is -2.09. The van der Waals surface area contributed by atoms with E-state index in [1.165, 1.54) is 24.6 Å². The highest BCUT2D eigenvalue weighted by molar-refractivity contribution is 7.89. The molecule has 0 bridgehead atoms. The van der Waals surface area contributed by atoms with Crippen LogP contribution in [-0.2, 0) is 10.0 Å². The van der Waals surface area contributed by atoms with Gasteiger partial charge in [0, 0.05) is 25.1 Å². The molecule has 26 heavy (non-hydrogen) atoms. The monoisotopic (exact) mass is 376 g/mol. The summed E-state index contributed by atoms with van der Waals surface area (Å²) >= 11 is 0. The van der Waals surface area contributed by atoms with Gasteiger partial charge in [0.25, 0.3) is 0 Å². The van der Waals surface area contributed by atoms with E-state index in [9.17, 15) is 8.42 Å². The summed E-state index contributed by atoms with van der Waals surface area (Å²) in [5, 5.41) is 0. The fraction of sp³-hybridized carbons (Fsp3) is 0.368. The van der Waals surface area contributed by atoms with Gasteiger partial charge in [0.15, 0.2) is 11.5 Å². The smallest absolute Gasteiger partial charge is 0.243 e. The molecular weight excluding hydrogens is 352 g/mol. The van der Waals surface area contributed by atoms with E-state index in [0.717, 1.165) is 5.56 Å². The van der Waals surface area contributed by atoms with Crippen molar-refractivity contribution in [3.05, 3.63) is 54.1 Å². The minimum Gasteiger partial charge on any atom is -0.493 e. The molecule has 1 fully saturated rings. The van der Waals surface area contributed by atoms with Crippen molar-refractivity contribution in [1.82, 2.24) is 4.31 Å². The zero-order valence-electron chi connectivity index (χ0n) is 15.0. The maximum atomic E-state index is 13.1. The van der Waals surface area contributed by atoms with Crippen LogP contribution < -0.4 is 15.2 Å². The molecule has 0 aliphatic carbocycles. The molecule has 140 valence electrons. The van der Waals surface area contributed by atoms with E-state index < -0.39 is 10.0 Å². The summed E-state index contributed by atoms with van der Waals surface area (Å²) in [7, 11) is -0.635. The summed E-state index contributed by atoms with van der Waals surface area (Å²) < 4.78 is 38.2. The second kappa shape index (κ2) is 7.65. The lowest BCUT2D eigenvalue weighted by molar-refractivity contribution is 0.353. The summed E-state index contributed by atoms with van der Waals surface area (Å²) in [6.07, 6.45) is 0. The summed E-state index contributed by atoms with van der Waals surface area (Å²) in [5.41, 5.74) is 7.05. The number of methoxy groups -OCH3 is 2. The molecule has 3 rings (SSSR count). The lowest BCUT2D eigenvalue weighted by Gasteiger charge is -2.18. The minimum absolute atomic E-state index is 0.0901. The Kier molecular flexibility index (Phi) is 5.50. The maximum Gasteiger partial charge on any atom is 0.243 e. The molecule has 2 aromatic carbocycles. The molecule has 1 aliphatic heterocycles. The van der Waals surface area contributed by atoms with E-state index >= 15 is 0 Å². The Morgan fingerprint density at radius 3 is 2.35 bits per heavy atom. The van der Waals surface area contributed by atoms with E-state index in [-0.39, 0.29) is 16.7 Å². The van der Waals surface area contributed by atoms with Crippen LogP contribution in [0.1, 0.15) is 11.5 Å². The second-order valence-corrected chi connectivity index (χ2v) is 8.29. The molecule has 0 saturated carbocycles. The fourth-order valence-corrected chi connectivity index (χ4v) is 5.01. The molecule has 0 unspecified atom stereocenters. The molecule has 7 heteroatoms. The molecule has 2 N–H and O–H groups in total. The van der Waals surface area contributed by atoms with Crippen molar-refractivity contribution in [3.8, 4) is 11.5 Å². The van der Waals surface area contributed by atoms with Gasteiger partial charge in [-0.05, 0) is 30.2 Å². The van der Waals surface area contributed by atoms with E-state index in [2.05, 4.69) is 0 Å². The van der Waals surface area contributed by atoms with Gasteiger partial charge in [-0.3, -0.25) is 0 Å². The molecule has 1 aliphatic rings. The van der Waals surface area contributed by atoms with Gasteiger partial charge in [0.05, 0.1) is 19.1 Å². The number of ether oxygens (including phenoxy) is 2. The van der Waals surface area contributed by atoms with Crippen molar-refractivity contribution in [1.29, 1.82) is 0 Å². The maximum absolute atomic E-state index is 13.1. The quantitative estimate of drug-likeness (QED) is 0.835. The van der Waals surface area contributed by atoms with Crippen molar-refractivity contribution in [2.24, 2.45) is 11.7 Å². The molecule has 0 aromatic heterocycles. The summed E-state index contributed by atoms with van der Waals surface area (Å²) in [4.78, 5) is 0.194. The van der Waals surface area contributed by atoms with Gasteiger partial charge >= 0.3 is 0 Å². The van der Waals surface area contributed by atoms with Gasteiger partial charge < -0.3 is 15.2 Å². The van der Waals surface area contributed by atoms with Crippen molar-refractivity contribution in [3.63, 3.8) is 0 Å². The Morgan fingerprint density at radius 1 is 1.04 bits per heavy atom. The molecule has 0 spiro atoms. The average Bonchev–Trinajstić information content (AvgIpc) is 3.13.